The van der Waals surface area contributed by atoms with Gasteiger partial charge < -0.3 is 25.0 Å². The number of rotatable bonds is 11. The molecule has 0 bridgehead atoms. The molecule has 0 aliphatic heterocycles. The number of carbonyl (C=O) groups excluding carboxylic acids is 1. The molecule has 1 unspecified atom stereocenters. The van der Waals surface area contributed by atoms with Crippen molar-refractivity contribution in [3.05, 3.63) is 69.8 Å². The number of aromatic nitrogens is 2. The monoisotopic (exact) mass is 615 g/mol. The molecule has 1 amide bonds. The molecule has 1 aromatic heterocycles. The van der Waals surface area contributed by atoms with Crippen molar-refractivity contribution >= 4 is 52.6 Å². The van der Waals surface area contributed by atoms with E-state index in [1.54, 1.807) is 44.2 Å². The van der Waals surface area contributed by atoms with Crippen molar-refractivity contribution in [1.29, 1.82) is 0 Å². The van der Waals surface area contributed by atoms with Gasteiger partial charge in [0, 0.05) is 23.9 Å². The van der Waals surface area contributed by atoms with E-state index in [1.807, 2.05) is 0 Å². The van der Waals surface area contributed by atoms with Crippen LogP contribution < -0.4 is 16.0 Å². The molecule has 38 heavy (non-hydrogen) atoms. The highest BCUT2D eigenvalue weighted by atomic mass is 79.9. The maximum Gasteiger partial charge on any atom is 0.421 e. The topological polar surface area (TPSA) is 114 Å². The van der Waals surface area contributed by atoms with Crippen molar-refractivity contribution in [2.75, 3.05) is 30.5 Å². The summed E-state index contributed by atoms with van der Waals surface area (Å²) in [4.78, 5) is 20.0. The van der Waals surface area contributed by atoms with Gasteiger partial charge in [0.2, 0.25) is 5.95 Å². The fraction of sp³-hybridized carbons (Fsp3) is 0.292. The van der Waals surface area contributed by atoms with Crippen LogP contribution in [0.2, 0.25) is 0 Å². The summed E-state index contributed by atoms with van der Waals surface area (Å²) < 4.78 is 64.9. The summed E-state index contributed by atoms with van der Waals surface area (Å²) in [6.45, 7) is 3.75. The molecule has 0 saturated heterocycles. The molecule has 1 atom stereocenters. The fourth-order valence-electron chi connectivity index (χ4n) is 3.26. The average molecular weight is 616 g/mol. The Morgan fingerprint density at radius 1 is 1.08 bits per heavy atom. The van der Waals surface area contributed by atoms with Gasteiger partial charge in [-0.25, -0.2) is 4.98 Å². The minimum absolute atomic E-state index is 0.0413. The molecule has 204 valence electrons. The average Bonchev–Trinajstić information content (AvgIpc) is 2.88. The van der Waals surface area contributed by atoms with Gasteiger partial charge in [-0.15, -0.1) is 0 Å². The van der Waals surface area contributed by atoms with Crippen molar-refractivity contribution in [3.8, 4) is 0 Å². The molecule has 2 aromatic carbocycles. The first-order valence-electron chi connectivity index (χ1n) is 11.5. The van der Waals surface area contributed by atoms with Crippen LogP contribution in [0.3, 0.4) is 0 Å². The van der Waals surface area contributed by atoms with E-state index >= 15 is 0 Å². The lowest BCUT2D eigenvalue weighted by atomic mass is 10.1. The number of halogens is 4. The summed E-state index contributed by atoms with van der Waals surface area (Å²) in [6, 6.07) is 11.2. The zero-order valence-electron chi connectivity index (χ0n) is 20.7. The number of amides is 1. The van der Waals surface area contributed by atoms with Gasteiger partial charge >= 0.3 is 13.8 Å². The van der Waals surface area contributed by atoms with E-state index < -0.39 is 31.1 Å². The van der Waals surface area contributed by atoms with Crippen LogP contribution in [0.25, 0.3) is 0 Å². The minimum Gasteiger partial charge on any atom is -0.355 e. The van der Waals surface area contributed by atoms with Crippen LogP contribution in [0.1, 0.15) is 35.3 Å². The Kier molecular flexibility index (Phi) is 9.88. The van der Waals surface area contributed by atoms with Crippen molar-refractivity contribution in [2.24, 2.45) is 0 Å². The third kappa shape index (κ3) is 7.53. The Bertz CT molecular complexity index is 1340. The molecular weight excluding hydrogens is 590 g/mol. The molecule has 0 radical (unpaired) electrons. The maximum absolute atomic E-state index is 13.7. The molecule has 9 nitrogen and oxygen atoms in total. The van der Waals surface area contributed by atoms with Gasteiger partial charge in [0.25, 0.3) is 5.91 Å². The highest BCUT2D eigenvalue weighted by Crippen LogP contribution is 2.48. The number of nitrogens with one attached hydrogen (secondary N) is 3. The summed E-state index contributed by atoms with van der Waals surface area (Å²) in [7, 11) is -1.77. The largest absolute Gasteiger partial charge is 0.421 e. The predicted octanol–water partition coefficient (Wildman–Crippen LogP) is 6.87. The number of hydrogen-bond donors (Lipinski definition) is 3. The van der Waals surface area contributed by atoms with E-state index in [2.05, 4.69) is 41.8 Å². The van der Waals surface area contributed by atoms with Gasteiger partial charge in [0.15, 0.2) is 0 Å². The standard InChI is InChI=1S/C24H26BrF3N5O4P/c1-4-36-38(35,5-2)37-14-15-10-11-20(18(25)12-15)32-23-30-13-17(24(26,27)28)21(33-23)31-19-9-7-6-8-16(19)22(34)29-3/h6-13H,4-5,14H2,1-3H3,(H,29,34)(H2,30,31,32,33). The number of benzene rings is 2. The van der Waals surface area contributed by atoms with Crippen LogP contribution in [0.4, 0.5) is 36.3 Å². The Hall–Kier alpha value is -2.99. The van der Waals surface area contributed by atoms with Crippen LogP contribution >= 0.6 is 23.5 Å². The second-order valence-electron chi connectivity index (χ2n) is 7.76. The first-order chi connectivity index (χ1) is 18.0. The first-order valence-corrected chi connectivity index (χ1v) is 14.0. The molecule has 0 saturated carbocycles. The van der Waals surface area contributed by atoms with E-state index in [0.717, 1.165) is 0 Å². The van der Waals surface area contributed by atoms with Crippen LogP contribution in [-0.2, 0) is 26.4 Å². The smallest absolute Gasteiger partial charge is 0.355 e. The number of alkyl halides is 3. The summed E-state index contributed by atoms with van der Waals surface area (Å²) in [5, 5.41) is 7.95. The Labute approximate surface area is 226 Å². The minimum atomic E-state index is -4.75. The van der Waals surface area contributed by atoms with E-state index in [-0.39, 0.29) is 36.6 Å². The molecule has 3 aromatic rings. The molecule has 3 N–H and O–H groups in total. The predicted molar refractivity (Wildman–Crippen MR) is 142 cm³/mol. The first kappa shape index (κ1) is 29.6. The number of anilines is 4. The number of para-hydroxylation sites is 1. The Balaban J connectivity index is 1.86. The van der Waals surface area contributed by atoms with E-state index in [1.165, 1.54) is 19.2 Å². The fourth-order valence-corrected chi connectivity index (χ4v) is 4.96. The number of nitrogens with zero attached hydrogens (tertiary/aromatic N) is 2. The number of hydrogen-bond acceptors (Lipinski definition) is 8. The van der Waals surface area contributed by atoms with E-state index in [0.29, 0.717) is 21.9 Å². The van der Waals surface area contributed by atoms with Gasteiger partial charge in [-0.2, -0.15) is 18.2 Å². The molecule has 0 spiro atoms. The molecule has 3 rings (SSSR count). The SMILES string of the molecule is CCOP(=O)(CC)OCc1ccc(Nc2ncc(C(F)(F)F)c(Nc3ccccc3C(=O)NC)n2)c(Br)c1. The van der Waals surface area contributed by atoms with Crippen LogP contribution in [0, 0.1) is 0 Å². The van der Waals surface area contributed by atoms with Crippen molar-refractivity contribution in [1.82, 2.24) is 15.3 Å². The van der Waals surface area contributed by atoms with Crippen LogP contribution in [-0.4, -0.2) is 35.7 Å². The van der Waals surface area contributed by atoms with E-state index in [4.69, 9.17) is 9.05 Å². The lowest BCUT2D eigenvalue weighted by molar-refractivity contribution is -0.137. The van der Waals surface area contributed by atoms with Gasteiger partial charge in [0.1, 0.15) is 11.4 Å². The van der Waals surface area contributed by atoms with E-state index in [9.17, 15) is 22.5 Å². The highest BCUT2D eigenvalue weighted by Gasteiger charge is 2.35. The molecule has 1 heterocycles. The zero-order valence-corrected chi connectivity index (χ0v) is 23.2. The van der Waals surface area contributed by atoms with Gasteiger partial charge in [-0.3, -0.25) is 9.36 Å². The zero-order chi connectivity index (χ0) is 27.9. The molecule has 0 aliphatic rings. The second kappa shape index (κ2) is 12.7. The third-order valence-corrected chi connectivity index (χ3v) is 7.77. The van der Waals surface area contributed by atoms with Crippen LogP contribution in [0.15, 0.2) is 53.1 Å². The molecule has 0 fully saturated rings. The summed E-state index contributed by atoms with van der Waals surface area (Å²) in [5.41, 5.74) is 0.347. The summed E-state index contributed by atoms with van der Waals surface area (Å²) >= 11 is 3.41. The Morgan fingerprint density at radius 3 is 2.45 bits per heavy atom. The van der Waals surface area contributed by atoms with Gasteiger partial charge in [-0.05, 0) is 52.7 Å². The molecular formula is C24H26BrF3N5O4P. The maximum atomic E-state index is 13.7. The molecule has 14 heteroatoms. The van der Waals surface area contributed by atoms with Crippen molar-refractivity contribution in [2.45, 2.75) is 26.6 Å². The third-order valence-electron chi connectivity index (χ3n) is 5.17. The lowest BCUT2D eigenvalue weighted by Crippen LogP contribution is -2.20. The molecule has 0 aliphatic carbocycles. The highest BCUT2D eigenvalue weighted by molar-refractivity contribution is 9.10. The Morgan fingerprint density at radius 2 is 1.82 bits per heavy atom. The van der Waals surface area contributed by atoms with Crippen LogP contribution in [0.5, 0.6) is 0 Å². The lowest BCUT2D eigenvalue weighted by Gasteiger charge is -2.17. The quantitative estimate of drug-likeness (QED) is 0.200. The van der Waals surface area contributed by atoms with Gasteiger partial charge in [-0.1, -0.05) is 25.1 Å². The normalized spacial score (nSPS) is 13.0. The summed E-state index contributed by atoms with van der Waals surface area (Å²) in [6.07, 6.45) is -3.85. The van der Waals surface area contributed by atoms with Crippen molar-refractivity contribution in [3.63, 3.8) is 0 Å². The van der Waals surface area contributed by atoms with Crippen molar-refractivity contribution < 1.29 is 31.6 Å². The van der Waals surface area contributed by atoms with Gasteiger partial charge in [0.05, 0.1) is 30.2 Å². The number of carbonyl (C=O) groups is 1. The summed E-state index contributed by atoms with van der Waals surface area (Å²) in [5.74, 6) is -1.12. The second-order valence-corrected chi connectivity index (χ2v) is 11.0.